The van der Waals surface area contributed by atoms with Crippen LogP contribution < -0.4 is 10.9 Å². The summed E-state index contributed by atoms with van der Waals surface area (Å²) in [4.78, 5) is 35.3. The van der Waals surface area contributed by atoms with E-state index in [1.54, 1.807) is 16.8 Å². The fourth-order valence-corrected chi connectivity index (χ4v) is 5.12. The van der Waals surface area contributed by atoms with Gasteiger partial charge in [0.2, 0.25) is 5.91 Å². The van der Waals surface area contributed by atoms with Crippen LogP contribution in [0.5, 0.6) is 0 Å². The summed E-state index contributed by atoms with van der Waals surface area (Å²) in [6.45, 7) is 4.13. The standard InChI is InChI=1S/C23H21ClN4O2S2/c1-3-19(21(29)26-15-8-7-14(2)17(24)12-15)32-23-27-18-9-11-31-20(18)22(30)28(23)13-16-6-4-5-10-25-16/h4-12,19H,3,13H2,1-2H3,(H,26,29)/t19-/m0/s1. The highest BCUT2D eigenvalue weighted by Gasteiger charge is 2.23. The molecule has 0 bridgehead atoms. The van der Waals surface area contributed by atoms with E-state index in [0.29, 0.717) is 32.5 Å². The van der Waals surface area contributed by atoms with Crippen molar-refractivity contribution in [1.82, 2.24) is 14.5 Å². The molecular formula is C23H21ClN4O2S2. The summed E-state index contributed by atoms with van der Waals surface area (Å²) in [5, 5.41) is 5.43. The zero-order chi connectivity index (χ0) is 22.7. The molecule has 0 unspecified atom stereocenters. The summed E-state index contributed by atoms with van der Waals surface area (Å²) < 4.78 is 2.20. The molecule has 1 atom stereocenters. The van der Waals surface area contributed by atoms with Crippen LogP contribution in [-0.4, -0.2) is 25.7 Å². The molecule has 9 heteroatoms. The molecule has 0 saturated heterocycles. The molecular weight excluding hydrogens is 464 g/mol. The Balaban J connectivity index is 1.65. The number of aryl methyl sites for hydroxylation is 1. The van der Waals surface area contributed by atoms with Crippen molar-refractivity contribution in [3.8, 4) is 0 Å². The van der Waals surface area contributed by atoms with Crippen LogP contribution in [0.25, 0.3) is 10.2 Å². The van der Waals surface area contributed by atoms with Gasteiger partial charge in [-0.3, -0.25) is 19.1 Å². The van der Waals surface area contributed by atoms with Gasteiger partial charge in [0.05, 0.1) is 23.0 Å². The van der Waals surface area contributed by atoms with Gasteiger partial charge in [-0.15, -0.1) is 11.3 Å². The van der Waals surface area contributed by atoms with Crippen molar-refractivity contribution in [2.45, 2.75) is 37.2 Å². The number of nitrogens with one attached hydrogen (secondary N) is 1. The van der Waals surface area contributed by atoms with Crippen LogP contribution in [0.2, 0.25) is 5.02 Å². The lowest BCUT2D eigenvalue weighted by molar-refractivity contribution is -0.115. The highest BCUT2D eigenvalue weighted by atomic mass is 35.5. The number of halogens is 1. The molecule has 1 N–H and O–H groups in total. The van der Waals surface area contributed by atoms with E-state index in [9.17, 15) is 9.59 Å². The summed E-state index contributed by atoms with van der Waals surface area (Å²) in [6, 6.07) is 12.8. The van der Waals surface area contributed by atoms with E-state index < -0.39 is 5.25 Å². The minimum Gasteiger partial charge on any atom is -0.325 e. The summed E-state index contributed by atoms with van der Waals surface area (Å²) in [5.41, 5.74) is 2.84. The van der Waals surface area contributed by atoms with Gasteiger partial charge >= 0.3 is 0 Å². The van der Waals surface area contributed by atoms with Crippen LogP contribution >= 0.6 is 34.7 Å². The lowest BCUT2D eigenvalue weighted by Gasteiger charge is -2.17. The second kappa shape index (κ2) is 9.85. The van der Waals surface area contributed by atoms with Gasteiger partial charge in [0.25, 0.3) is 5.56 Å². The van der Waals surface area contributed by atoms with Crippen molar-refractivity contribution in [3.63, 3.8) is 0 Å². The van der Waals surface area contributed by atoms with E-state index in [2.05, 4.69) is 10.3 Å². The number of anilines is 1. The molecule has 0 saturated carbocycles. The number of hydrogen-bond acceptors (Lipinski definition) is 6. The number of carbonyl (C=O) groups excluding carboxylic acids is 1. The lowest BCUT2D eigenvalue weighted by atomic mass is 10.2. The van der Waals surface area contributed by atoms with Crippen molar-refractivity contribution in [2.24, 2.45) is 0 Å². The first-order valence-corrected chi connectivity index (χ1v) is 12.2. The summed E-state index contributed by atoms with van der Waals surface area (Å²) in [6.07, 6.45) is 2.26. The molecule has 32 heavy (non-hydrogen) atoms. The summed E-state index contributed by atoms with van der Waals surface area (Å²) in [5.74, 6) is -0.165. The number of thiophene rings is 1. The summed E-state index contributed by atoms with van der Waals surface area (Å²) >= 11 is 8.84. The Bertz CT molecular complexity index is 1320. The monoisotopic (exact) mass is 484 g/mol. The molecule has 0 radical (unpaired) electrons. The smallest absolute Gasteiger partial charge is 0.272 e. The second-order valence-electron chi connectivity index (χ2n) is 7.21. The van der Waals surface area contributed by atoms with Gasteiger partial charge in [-0.05, 0) is 54.6 Å². The van der Waals surface area contributed by atoms with Crippen LogP contribution in [0.3, 0.4) is 0 Å². The zero-order valence-corrected chi connectivity index (χ0v) is 19.9. The predicted molar refractivity (Wildman–Crippen MR) is 132 cm³/mol. The Morgan fingerprint density at radius 1 is 1.28 bits per heavy atom. The van der Waals surface area contributed by atoms with E-state index in [4.69, 9.17) is 16.6 Å². The third-order valence-corrected chi connectivity index (χ3v) is 7.58. The minimum absolute atomic E-state index is 0.126. The van der Waals surface area contributed by atoms with Crippen LogP contribution in [0.1, 0.15) is 24.6 Å². The first kappa shape index (κ1) is 22.5. The Hall–Kier alpha value is -2.68. The maximum atomic E-state index is 13.2. The number of fused-ring (bicyclic) bond motifs is 1. The van der Waals surface area contributed by atoms with E-state index in [0.717, 1.165) is 11.3 Å². The molecule has 0 aliphatic rings. The van der Waals surface area contributed by atoms with Crippen molar-refractivity contribution in [1.29, 1.82) is 0 Å². The molecule has 4 rings (SSSR count). The molecule has 1 amide bonds. The quantitative estimate of drug-likeness (QED) is 0.282. The maximum absolute atomic E-state index is 13.2. The maximum Gasteiger partial charge on any atom is 0.272 e. The lowest BCUT2D eigenvalue weighted by Crippen LogP contribution is -2.28. The zero-order valence-electron chi connectivity index (χ0n) is 17.5. The van der Waals surface area contributed by atoms with Gasteiger partial charge in [-0.25, -0.2) is 4.98 Å². The first-order valence-electron chi connectivity index (χ1n) is 10.1. The number of thioether (sulfide) groups is 1. The van der Waals surface area contributed by atoms with Crippen molar-refractivity contribution >= 4 is 56.5 Å². The van der Waals surface area contributed by atoms with Gasteiger partial charge in [-0.1, -0.05) is 42.4 Å². The summed E-state index contributed by atoms with van der Waals surface area (Å²) in [7, 11) is 0. The number of amides is 1. The van der Waals surface area contributed by atoms with Crippen molar-refractivity contribution < 1.29 is 4.79 Å². The van der Waals surface area contributed by atoms with Crippen molar-refractivity contribution in [2.75, 3.05) is 5.32 Å². The molecule has 6 nitrogen and oxygen atoms in total. The van der Waals surface area contributed by atoms with Crippen LogP contribution in [0.4, 0.5) is 5.69 Å². The van der Waals surface area contributed by atoms with Gasteiger partial charge < -0.3 is 5.32 Å². The second-order valence-corrected chi connectivity index (χ2v) is 9.70. The molecule has 4 aromatic rings. The highest BCUT2D eigenvalue weighted by molar-refractivity contribution is 8.00. The molecule has 3 aromatic heterocycles. The average molecular weight is 485 g/mol. The van der Waals surface area contributed by atoms with Crippen LogP contribution in [0, 0.1) is 6.92 Å². The molecule has 0 fully saturated rings. The SMILES string of the molecule is CC[C@H](Sc1nc2ccsc2c(=O)n1Cc1ccccn1)C(=O)Nc1ccc(C)c(Cl)c1. The number of rotatable bonds is 7. The average Bonchev–Trinajstić information content (AvgIpc) is 3.26. The number of hydrogen-bond donors (Lipinski definition) is 1. The Labute approximate surface area is 198 Å². The van der Waals surface area contributed by atoms with Gasteiger partial charge in [0.15, 0.2) is 5.16 Å². The number of nitrogens with zero attached hydrogens (tertiary/aromatic N) is 3. The van der Waals surface area contributed by atoms with Gasteiger partial charge in [-0.2, -0.15) is 0 Å². The third-order valence-electron chi connectivity index (χ3n) is 4.93. The molecule has 3 heterocycles. The number of aromatic nitrogens is 3. The number of benzene rings is 1. The molecule has 164 valence electrons. The van der Waals surface area contributed by atoms with E-state index in [1.165, 1.54) is 23.1 Å². The molecule has 0 aliphatic heterocycles. The third kappa shape index (κ3) is 4.87. The molecule has 1 aromatic carbocycles. The molecule has 0 spiro atoms. The fraction of sp³-hybridized carbons (Fsp3) is 0.217. The first-order chi connectivity index (χ1) is 15.5. The van der Waals surface area contributed by atoms with Gasteiger partial charge in [0, 0.05) is 16.9 Å². The highest BCUT2D eigenvalue weighted by Crippen LogP contribution is 2.28. The Morgan fingerprint density at radius 2 is 2.12 bits per heavy atom. The van der Waals surface area contributed by atoms with Crippen LogP contribution in [-0.2, 0) is 11.3 Å². The minimum atomic E-state index is -0.437. The topological polar surface area (TPSA) is 76.9 Å². The van der Waals surface area contributed by atoms with E-state index in [-0.39, 0.29) is 18.0 Å². The van der Waals surface area contributed by atoms with E-state index in [1.807, 2.05) is 55.6 Å². The van der Waals surface area contributed by atoms with Crippen LogP contribution in [0.15, 0.2) is 64.0 Å². The number of carbonyl (C=O) groups is 1. The molecule has 0 aliphatic carbocycles. The number of pyridine rings is 1. The van der Waals surface area contributed by atoms with E-state index >= 15 is 0 Å². The normalized spacial score (nSPS) is 12.1. The Kier molecular flexibility index (Phi) is 6.93. The van der Waals surface area contributed by atoms with Crippen molar-refractivity contribution in [3.05, 3.63) is 80.7 Å². The Morgan fingerprint density at radius 3 is 2.84 bits per heavy atom. The van der Waals surface area contributed by atoms with Gasteiger partial charge in [0.1, 0.15) is 4.70 Å². The fourth-order valence-electron chi connectivity index (χ4n) is 3.15. The largest absolute Gasteiger partial charge is 0.325 e. The predicted octanol–water partition coefficient (Wildman–Crippen LogP) is 5.37.